The second kappa shape index (κ2) is 11.6. The molecule has 0 aliphatic heterocycles. The molecule has 4 heteroatoms. The predicted molar refractivity (Wildman–Crippen MR) is 123 cm³/mol. The Morgan fingerprint density at radius 2 is 1.53 bits per heavy atom. The van der Waals surface area contributed by atoms with Gasteiger partial charge in [-0.25, -0.2) is 0 Å². The second-order valence-corrected chi connectivity index (χ2v) is 8.39. The normalized spacial score (nSPS) is 12.1. The molecule has 0 radical (unpaired) electrons. The van der Waals surface area contributed by atoms with Crippen LogP contribution in [0.2, 0.25) is 0 Å². The first kappa shape index (κ1) is 23.8. The van der Waals surface area contributed by atoms with Crippen molar-refractivity contribution in [3.8, 4) is 11.5 Å². The highest BCUT2D eigenvalue weighted by atomic mass is 16.5. The Bertz CT molecular complexity index is 766. The minimum Gasteiger partial charge on any atom is -0.497 e. The minimum atomic E-state index is 0.153. The van der Waals surface area contributed by atoms with Crippen molar-refractivity contribution in [1.82, 2.24) is 4.90 Å². The van der Waals surface area contributed by atoms with E-state index in [1.54, 1.807) is 7.11 Å². The summed E-state index contributed by atoms with van der Waals surface area (Å²) in [6.45, 7) is 11.8. The van der Waals surface area contributed by atoms with Gasteiger partial charge in [0, 0.05) is 19.5 Å². The Hall–Kier alpha value is -2.49. The van der Waals surface area contributed by atoms with Crippen molar-refractivity contribution < 1.29 is 14.3 Å². The van der Waals surface area contributed by atoms with Gasteiger partial charge in [0.25, 0.3) is 0 Å². The van der Waals surface area contributed by atoms with Crippen LogP contribution in [0.25, 0.3) is 0 Å². The zero-order valence-electron chi connectivity index (χ0n) is 19.4. The lowest BCUT2D eigenvalue weighted by Crippen LogP contribution is -2.32. The second-order valence-electron chi connectivity index (χ2n) is 8.39. The molecule has 0 aromatic heterocycles. The zero-order valence-corrected chi connectivity index (χ0v) is 19.4. The molecule has 1 amide bonds. The first-order valence-electron chi connectivity index (χ1n) is 11.0. The molecule has 164 valence electrons. The maximum atomic E-state index is 12.6. The Balaban J connectivity index is 2.07. The molecule has 0 fully saturated rings. The van der Waals surface area contributed by atoms with Crippen LogP contribution in [0.3, 0.4) is 0 Å². The summed E-state index contributed by atoms with van der Waals surface area (Å²) in [5.41, 5.74) is 2.42. The van der Waals surface area contributed by atoms with Gasteiger partial charge in [0.15, 0.2) is 0 Å². The standard InChI is InChI=1S/C26H37NO3/c1-7-26(28)27(18-21-8-12-24(13-9-21)30-20(4)5)17-16-25(19(2)3)22-10-14-23(29-6)15-11-22/h8-15,19-20,25H,7,16-18H2,1-6H3. The van der Waals surface area contributed by atoms with Crippen LogP contribution in [0.1, 0.15) is 64.5 Å². The molecule has 0 spiro atoms. The first-order chi connectivity index (χ1) is 14.3. The topological polar surface area (TPSA) is 38.8 Å². The molecule has 0 N–H and O–H groups in total. The molecule has 0 aliphatic carbocycles. The van der Waals surface area contributed by atoms with E-state index in [1.165, 1.54) is 5.56 Å². The number of carbonyl (C=O) groups excluding carboxylic acids is 1. The maximum absolute atomic E-state index is 12.6. The molecular formula is C26H37NO3. The van der Waals surface area contributed by atoms with Crippen LogP contribution in [0.5, 0.6) is 11.5 Å². The van der Waals surface area contributed by atoms with Gasteiger partial charge in [-0.15, -0.1) is 0 Å². The molecule has 2 rings (SSSR count). The number of hydrogen-bond acceptors (Lipinski definition) is 3. The van der Waals surface area contributed by atoms with E-state index >= 15 is 0 Å². The highest BCUT2D eigenvalue weighted by Crippen LogP contribution is 2.30. The van der Waals surface area contributed by atoms with E-state index in [2.05, 4.69) is 38.1 Å². The molecule has 0 saturated heterocycles. The van der Waals surface area contributed by atoms with E-state index in [9.17, 15) is 4.79 Å². The number of ether oxygens (including phenoxy) is 2. The lowest BCUT2D eigenvalue weighted by atomic mass is 9.85. The Labute approximate surface area is 182 Å². The Morgan fingerprint density at radius 1 is 0.933 bits per heavy atom. The molecule has 1 unspecified atom stereocenters. The molecule has 0 saturated carbocycles. The van der Waals surface area contributed by atoms with Crippen LogP contribution in [-0.4, -0.2) is 30.6 Å². The van der Waals surface area contributed by atoms with Gasteiger partial charge >= 0.3 is 0 Å². The van der Waals surface area contributed by atoms with Crippen LogP contribution in [0.15, 0.2) is 48.5 Å². The van der Waals surface area contributed by atoms with Gasteiger partial charge in [-0.3, -0.25) is 4.79 Å². The van der Waals surface area contributed by atoms with Crippen molar-refractivity contribution in [2.75, 3.05) is 13.7 Å². The fourth-order valence-corrected chi connectivity index (χ4v) is 3.71. The molecule has 30 heavy (non-hydrogen) atoms. The van der Waals surface area contributed by atoms with E-state index in [1.807, 2.05) is 49.9 Å². The molecular weight excluding hydrogens is 374 g/mol. The summed E-state index contributed by atoms with van der Waals surface area (Å²) in [5.74, 6) is 2.81. The number of rotatable bonds is 11. The van der Waals surface area contributed by atoms with Crippen molar-refractivity contribution in [3.05, 3.63) is 59.7 Å². The van der Waals surface area contributed by atoms with Gasteiger partial charge in [-0.05, 0) is 67.5 Å². The lowest BCUT2D eigenvalue weighted by Gasteiger charge is -2.27. The average molecular weight is 412 g/mol. The molecule has 2 aromatic rings. The van der Waals surface area contributed by atoms with E-state index in [4.69, 9.17) is 9.47 Å². The summed E-state index contributed by atoms with van der Waals surface area (Å²) in [7, 11) is 1.69. The number of hydrogen-bond donors (Lipinski definition) is 0. The monoisotopic (exact) mass is 411 g/mol. The van der Waals surface area contributed by atoms with Gasteiger partial charge < -0.3 is 14.4 Å². The summed E-state index contributed by atoms with van der Waals surface area (Å²) >= 11 is 0. The van der Waals surface area contributed by atoms with E-state index in [0.717, 1.165) is 30.0 Å². The third-order valence-electron chi connectivity index (χ3n) is 5.38. The molecule has 0 bridgehead atoms. The fraction of sp³-hybridized carbons (Fsp3) is 0.500. The highest BCUT2D eigenvalue weighted by Gasteiger charge is 2.20. The van der Waals surface area contributed by atoms with Crippen LogP contribution in [0.4, 0.5) is 0 Å². The lowest BCUT2D eigenvalue weighted by molar-refractivity contribution is -0.131. The third kappa shape index (κ3) is 7.08. The predicted octanol–water partition coefficient (Wildman–Crippen LogP) is 6.05. The fourth-order valence-electron chi connectivity index (χ4n) is 3.71. The van der Waals surface area contributed by atoms with E-state index in [0.29, 0.717) is 24.8 Å². The summed E-state index contributed by atoms with van der Waals surface area (Å²) in [4.78, 5) is 14.6. The largest absolute Gasteiger partial charge is 0.497 e. The van der Waals surface area contributed by atoms with Gasteiger partial charge in [-0.1, -0.05) is 45.0 Å². The van der Waals surface area contributed by atoms with Crippen molar-refractivity contribution in [2.45, 2.75) is 66.0 Å². The SMILES string of the molecule is CCC(=O)N(CCC(c1ccc(OC)cc1)C(C)C)Cc1ccc(OC(C)C)cc1. The Morgan fingerprint density at radius 3 is 2.03 bits per heavy atom. The van der Waals surface area contributed by atoms with Gasteiger partial charge in [0.1, 0.15) is 11.5 Å². The molecule has 0 heterocycles. The smallest absolute Gasteiger partial charge is 0.222 e. The maximum Gasteiger partial charge on any atom is 0.222 e. The zero-order chi connectivity index (χ0) is 22.1. The van der Waals surface area contributed by atoms with E-state index < -0.39 is 0 Å². The number of amides is 1. The number of carbonyl (C=O) groups is 1. The van der Waals surface area contributed by atoms with Crippen LogP contribution >= 0.6 is 0 Å². The third-order valence-corrected chi connectivity index (χ3v) is 5.38. The van der Waals surface area contributed by atoms with Gasteiger partial charge in [0.05, 0.1) is 13.2 Å². The van der Waals surface area contributed by atoms with Crippen molar-refractivity contribution in [3.63, 3.8) is 0 Å². The molecule has 0 aliphatic rings. The number of benzene rings is 2. The summed E-state index contributed by atoms with van der Waals surface area (Å²) in [6.07, 6.45) is 1.60. The van der Waals surface area contributed by atoms with Gasteiger partial charge in [-0.2, -0.15) is 0 Å². The quantitative estimate of drug-likeness (QED) is 0.452. The van der Waals surface area contributed by atoms with Crippen LogP contribution in [-0.2, 0) is 11.3 Å². The van der Waals surface area contributed by atoms with Crippen molar-refractivity contribution >= 4 is 5.91 Å². The highest BCUT2D eigenvalue weighted by molar-refractivity contribution is 5.75. The molecule has 1 atom stereocenters. The van der Waals surface area contributed by atoms with Gasteiger partial charge in [0.2, 0.25) is 5.91 Å². The number of methoxy groups -OCH3 is 1. The van der Waals surface area contributed by atoms with Crippen molar-refractivity contribution in [2.24, 2.45) is 5.92 Å². The summed E-state index contributed by atoms with van der Waals surface area (Å²) < 4.78 is 11.0. The van der Waals surface area contributed by atoms with Crippen LogP contribution < -0.4 is 9.47 Å². The molecule has 4 nitrogen and oxygen atoms in total. The van der Waals surface area contributed by atoms with Crippen molar-refractivity contribution in [1.29, 1.82) is 0 Å². The minimum absolute atomic E-state index is 0.153. The molecule has 2 aromatic carbocycles. The van der Waals surface area contributed by atoms with E-state index in [-0.39, 0.29) is 12.0 Å². The number of nitrogens with zero attached hydrogens (tertiary/aromatic N) is 1. The summed E-state index contributed by atoms with van der Waals surface area (Å²) in [5, 5.41) is 0. The average Bonchev–Trinajstić information content (AvgIpc) is 2.73. The summed E-state index contributed by atoms with van der Waals surface area (Å²) in [6, 6.07) is 16.4. The first-order valence-corrected chi connectivity index (χ1v) is 11.0. The van der Waals surface area contributed by atoms with Crippen LogP contribution in [0, 0.1) is 5.92 Å². The Kier molecular flexibility index (Phi) is 9.22.